The molecule has 18 nitrogen and oxygen atoms in total. The number of cyclic esters (lactones) is 1. The largest absolute Gasteiger partial charge is 0.461 e. The molecule has 3 aliphatic heterocycles. The molecular weight excluding hydrogens is 886 g/mol. The van der Waals surface area contributed by atoms with Crippen LogP contribution in [0.25, 0.3) is 6.08 Å². The van der Waals surface area contributed by atoms with Crippen LogP contribution >= 0.6 is 0 Å². The number of rotatable bonds is 11. The highest BCUT2D eigenvalue weighted by atomic mass is 19.4. The third-order valence-electron chi connectivity index (χ3n) is 12.9. The monoisotopic (exact) mass is 948 g/mol. The van der Waals surface area contributed by atoms with Crippen LogP contribution in [-0.2, 0) is 55.4 Å². The van der Waals surface area contributed by atoms with E-state index in [1.54, 1.807) is 74.0 Å². The van der Waals surface area contributed by atoms with Gasteiger partial charge in [0.1, 0.15) is 35.8 Å². The third-order valence-corrected chi connectivity index (χ3v) is 12.9. The van der Waals surface area contributed by atoms with Crippen LogP contribution in [0.3, 0.4) is 0 Å². The van der Waals surface area contributed by atoms with Gasteiger partial charge in [0.25, 0.3) is 0 Å². The Hall–Kier alpha value is -5.25. The van der Waals surface area contributed by atoms with Crippen LogP contribution < -0.4 is 10.6 Å². The molecule has 67 heavy (non-hydrogen) atoms. The highest BCUT2D eigenvalue weighted by Gasteiger charge is 2.58. The molecule has 2 aromatic heterocycles. The van der Waals surface area contributed by atoms with Crippen LogP contribution in [0.5, 0.6) is 0 Å². The van der Waals surface area contributed by atoms with Gasteiger partial charge in [0, 0.05) is 60.7 Å². The first-order valence-corrected chi connectivity index (χ1v) is 22.4. The molecule has 0 aromatic carbocycles. The zero-order valence-corrected chi connectivity index (χ0v) is 39.4. The van der Waals surface area contributed by atoms with Crippen LogP contribution in [0.15, 0.2) is 43.0 Å². The summed E-state index contributed by atoms with van der Waals surface area (Å²) in [6, 6.07) is 1.87. The molecule has 3 fully saturated rings. The summed E-state index contributed by atoms with van der Waals surface area (Å²) in [7, 11) is 3.57. The normalized spacial score (nSPS) is 34.3. The number of nitrogens with zero attached hydrogens (tertiary/aromatic N) is 4. The van der Waals surface area contributed by atoms with Gasteiger partial charge in [-0.3, -0.25) is 19.4 Å². The SMILES string of the molecule is CC[C@H]1OC(=O)[C@H](C)[C@@H](OC(=O)Cc2cccnc2)[C@H](C)[C@@H](O[C@@H]2O[C@H](C)C[C@H](N(C)C)[C@H]2O)[C@](C)(OC(=O)NCC=Cc2cnc(C(F)(F)F)nc2)C[C@@H](C)C(=O)[C@H](C)[C@H]2NC(=O)O[C@@]21C. The van der Waals surface area contributed by atoms with Crippen molar-refractivity contribution in [1.29, 1.82) is 0 Å². The van der Waals surface area contributed by atoms with E-state index in [1.165, 1.54) is 32.2 Å². The minimum atomic E-state index is -4.73. The van der Waals surface area contributed by atoms with E-state index in [0.717, 1.165) is 12.4 Å². The van der Waals surface area contributed by atoms with E-state index in [-0.39, 0.29) is 37.2 Å². The molecule has 5 rings (SSSR count). The van der Waals surface area contributed by atoms with E-state index < -0.39 is 120 Å². The van der Waals surface area contributed by atoms with Crippen molar-refractivity contribution in [3.8, 4) is 0 Å². The molecule has 2 amide bonds. The summed E-state index contributed by atoms with van der Waals surface area (Å²) in [5, 5.41) is 17.1. The van der Waals surface area contributed by atoms with Gasteiger partial charge >= 0.3 is 30.3 Å². The number of Topliss-reactive ketones (excluding diaryl/α,β-unsaturated/α-hetero) is 1. The molecule has 0 unspecified atom stereocenters. The first-order chi connectivity index (χ1) is 31.4. The number of aliphatic hydroxyl groups excluding tert-OH is 1. The number of hydrogen-bond acceptors (Lipinski definition) is 16. The lowest BCUT2D eigenvalue weighted by Crippen LogP contribution is -2.61. The second-order valence-corrected chi connectivity index (χ2v) is 18.4. The lowest BCUT2D eigenvalue weighted by atomic mass is 9.73. The van der Waals surface area contributed by atoms with Gasteiger partial charge in [0.15, 0.2) is 11.9 Å². The van der Waals surface area contributed by atoms with E-state index in [9.17, 15) is 42.3 Å². The number of carbonyl (C=O) groups excluding carboxylic acids is 5. The summed E-state index contributed by atoms with van der Waals surface area (Å²) < 4.78 is 76.6. The van der Waals surface area contributed by atoms with E-state index in [2.05, 4.69) is 25.6 Å². The number of ketones is 1. The quantitative estimate of drug-likeness (QED) is 0.198. The maximum Gasteiger partial charge on any atom is 0.451 e. The molecule has 0 saturated carbocycles. The maximum absolute atomic E-state index is 14.6. The summed E-state index contributed by atoms with van der Waals surface area (Å²) >= 11 is 0. The second kappa shape index (κ2) is 21.8. The number of ether oxygens (including phenoxy) is 6. The Morgan fingerprint density at radius 1 is 1.06 bits per heavy atom. The van der Waals surface area contributed by atoms with E-state index in [4.69, 9.17) is 28.4 Å². The van der Waals surface area contributed by atoms with E-state index >= 15 is 0 Å². The molecule has 14 atom stereocenters. The fraction of sp³-hybridized carbons (Fsp3) is 0.652. The number of fused-ring (bicyclic) bond motifs is 1. The summed E-state index contributed by atoms with van der Waals surface area (Å²) in [6.45, 7) is 12.8. The number of aliphatic hydroxyl groups is 1. The van der Waals surface area contributed by atoms with Crippen LogP contribution in [-0.4, -0.2) is 136 Å². The molecule has 3 N–H and O–H groups in total. The number of nitrogens with one attached hydrogen (secondary N) is 2. The van der Waals surface area contributed by atoms with Crippen LogP contribution in [0.1, 0.15) is 91.6 Å². The first-order valence-electron chi connectivity index (χ1n) is 22.4. The van der Waals surface area contributed by atoms with Gasteiger partial charge < -0.3 is 49.1 Å². The number of hydrogen-bond donors (Lipinski definition) is 3. The zero-order chi connectivity index (χ0) is 49.6. The van der Waals surface area contributed by atoms with Crippen molar-refractivity contribution in [2.75, 3.05) is 20.6 Å². The van der Waals surface area contributed by atoms with Crippen molar-refractivity contribution in [2.24, 2.45) is 23.7 Å². The Balaban J connectivity index is 1.61. The number of carbonyl (C=O) groups is 5. The minimum Gasteiger partial charge on any atom is -0.461 e. The Bertz CT molecular complexity index is 2080. The molecule has 0 bridgehead atoms. The summed E-state index contributed by atoms with van der Waals surface area (Å²) in [6.07, 6.45) is -5.70. The molecule has 5 heterocycles. The molecule has 3 saturated heterocycles. The Kier molecular flexibility index (Phi) is 17.1. The summed E-state index contributed by atoms with van der Waals surface area (Å²) in [4.78, 5) is 82.6. The van der Waals surface area contributed by atoms with Gasteiger partial charge in [-0.05, 0) is 72.7 Å². The van der Waals surface area contributed by atoms with E-state index in [0.29, 0.717) is 12.0 Å². The number of aromatic nitrogens is 3. The lowest BCUT2D eigenvalue weighted by molar-refractivity contribution is -0.298. The smallest absolute Gasteiger partial charge is 0.451 e. The zero-order valence-electron chi connectivity index (χ0n) is 39.4. The third kappa shape index (κ3) is 12.6. The molecule has 21 heteroatoms. The number of halogens is 3. The summed E-state index contributed by atoms with van der Waals surface area (Å²) in [5.74, 6) is -7.56. The van der Waals surface area contributed by atoms with Gasteiger partial charge in [-0.1, -0.05) is 45.9 Å². The molecule has 0 radical (unpaired) electrons. The molecular formula is C46H63F3N6O12. The first kappa shape index (κ1) is 52.7. The second-order valence-electron chi connectivity index (χ2n) is 18.4. The van der Waals surface area contributed by atoms with Gasteiger partial charge in [0.2, 0.25) is 5.82 Å². The van der Waals surface area contributed by atoms with Crippen molar-refractivity contribution in [3.05, 3.63) is 59.9 Å². The topological polar surface area (TPSA) is 227 Å². The van der Waals surface area contributed by atoms with Crippen molar-refractivity contribution >= 4 is 36.0 Å². The van der Waals surface area contributed by atoms with E-state index in [1.807, 2.05) is 4.90 Å². The van der Waals surface area contributed by atoms with Crippen LogP contribution in [0.4, 0.5) is 22.8 Å². The van der Waals surface area contributed by atoms with Crippen molar-refractivity contribution < 1.29 is 70.7 Å². The van der Waals surface area contributed by atoms with Gasteiger partial charge in [-0.25, -0.2) is 19.6 Å². The van der Waals surface area contributed by atoms with Gasteiger partial charge in [0.05, 0.1) is 24.5 Å². The predicted octanol–water partition coefficient (Wildman–Crippen LogP) is 5.06. The molecule has 0 aliphatic carbocycles. The number of alkyl halides is 3. The average Bonchev–Trinajstić information content (AvgIpc) is 3.58. The summed E-state index contributed by atoms with van der Waals surface area (Å²) in [5.41, 5.74) is -2.69. The van der Waals surface area contributed by atoms with Crippen LogP contribution in [0, 0.1) is 23.7 Å². The fourth-order valence-corrected chi connectivity index (χ4v) is 9.45. The minimum absolute atomic E-state index is 0.167. The maximum atomic E-state index is 14.6. The van der Waals surface area contributed by atoms with Crippen molar-refractivity contribution in [1.82, 2.24) is 30.5 Å². The molecule has 3 aliphatic rings. The van der Waals surface area contributed by atoms with Crippen molar-refractivity contribution in [3.63, 3.8) is 0 Å². The predicted molar refractivity (Wildman–Crippen MR) is 232 cm³/mol. The molecule has 370 valence electrons. The van der Waals surface area contributed by atoms with Gasteiger partial charge in [-0.15, -0.1) is 0 Å². The molecule has 0 spiro atoms. The van der Waals surface area contributed by atoms with Gasteiger partial charge in [-0.2, -0.15) is 13.2 Å². The standard InChI is InChI=1S/C46H63F3N6O12/c1-11-32-45(8)37(54-43(61)67-45)26(4)34(57)24(2)20-44(7,66-42(60)51-17-13-15-30-22-52-41(53-23-30)46(47,48)49)38(65-40-35(58)31(55(9)10)18-25(3)62-40)27(5)36(28(6)39(59)63-32)64-33(56)19-29-14-12-16-50-21-29/h12-16,21-28,31-32,35-38,40,58H,11,17-20H2,1-10H3,(H,51,60)(H,54,61)/t24-,25-,26+,27+,28-,31+,32-,35-,36+,37-,38-,40+,44-,45-/m1/s1. The average molecular weight is 949 g/mol. The lowest BCUT2D eigenvalue weighted by Gasteiger charge is -2.48. The van der Waals surface area contributed by atoms with Crippen LogP contribution in [0.2, 0.25) is 0 Å². The highest BCUT2D eigenvalue weighted by molar-refractivity contribution is 5.85. The Morgan fingerprint density at radius 2 is 1.75 bits per heavy atom. The molecule has 2 aromatic rings. The number of amides is 2. The number of esters is 2. The Labute approximate surface area is 388 Å². The fourth-order valence-electron chi connectivity index (χ4n) is 9.45. The Morgan fingerprint density at radius 3 is 2.36 bits per heavy atom. The van der Waals surface area contributed by atoms with Crippen molar-refractivity contribution in [2.45, 2.75) is 147 Å². The highest BCUT2D eigenvalue weighted by Crippen LogP contribution is 2.42. The number of alkyl carbamates (subject to hydrolysis) is 2. The number of pyridine rings is 1. The number of likely N-dealkylation sites (N-methyl/N-ethyl adjacent to an activating group) is 1.